The lowest BCUT2D eigenvalue weighted by molar-refractivity contribution is -0.120. The molecular formula is C14H17NO2. The standard InChI is InChI=1S/C14H17NO2/c1-10-5-3-6-12(9-10)14(17)15-8-4-7-13(15)11(2)16/h3,5-6,9,13H,4,7-8H2,1-2H3/t13-/m1/s1. The Morgan fingerprint density at radius 1 is 1.35 bits per heavy atom. The van der Waals surface area contributed by atoms with Crippen molar-refractivity contribution < 1.29 is 9.59 Å². The Balaban J connectivity index is 2.23. The summed E-state index contributed by atoms with van der Waals surface area (Å²) in [6, 6.07) is 7.30. The number of carbonyl (C=O) groups excluding carboxylic acids is 2. The van der Waals surface area contributed by atoms with E-state index < -0.39 is 0 Å². The van der Waals surface area contributed by atoms with E-state index in [4.69, 9.17) is 0 Å². The van der Waals surface area contributed by atoms with E-state index in [0.717, 1.165) is 18.4 Å². The van der Waals surface area contributed by atoms with Gasteiger partial charge in [-0.15, -0.1) is 0 Å². The van der Waals surface area contributed by atoms with Gasteiger partial charge in [0.2, 0.25) is 0 Å². The van der Waals surface area contributed by atoms with Gasteiger partial charge < -0.3 is 4.90 Å². The summed E-state index contributed by atoms with van der Waals surface area (Å²) in [5.41, 5.74) is 1.74. The summed E-state index contributed by atoms with van der Waals surface area (Å²) < 4.78 is 0. The first-order chi connectivity index (χ1) is 8.09. The highest BCUT2D eigenvalue weighted by atomic mass is 16.2. The summed E-state index contributed by atoms with van der Waals surface area (Å²) in [5, 5.41) is 0. The molecule has 1 fully saturated rings. The molecule has 0 unspecified atom stereocenters. The van der Waals surface area contributed by atoms with Crippen molar-refractivity contribution in [3.05, 3.63) is 35.4 Å². The van der Waals surface area contributed by atoms with Crippen molar-refractivity contribution in [1.82, 2.24) is 4.90 Å². The highest BCUT2D eigenvalue weighted by Gasteiger charge is 2.32. The van der Waals surface area contributed by atoms with Crippen molar-refractivity contribution in [1.29, 1.82) is 0 Å². The molecule has 17 heavy (non-hydrogen) atoms. The number of carbonyl (C=O) groups is 2. The van der Waals surface area contributed by atoms with Gasteiger partial charge >= 0.3 is 0 Å². The van der Waals surface area contributed by atoms with Gasteiger partial charge in [-0.1, -0.05) is 17.7 Å². The van der Waals surface area contributed by atoms with Crippen LogP contribution in [0.1, 0.15) is 35.7 Å². The molecule has 0 radical (unpaired) electrons. The number of rotatable bonds is 2. The molecule has 0 saturated carbocycles. The van der Waals surface area contributed by atoms with E-state index in [-0.39, 0.29) is 17.7 Å². The molecule has 0 aliphatic carbocycles. The van der Waals surface area contributed by atoms with Crippen LogP contribution in [0.3, 0.4) is 0 Å². The summed E-state index contributed by atoms with van der Waals surface area (Å²) in [6.45, 7) is 4.22. The highest BCUT2D eigenvalue weighted by Crippen LogP contribution is 2.21. The minimum atomic E-state index is -0.219. The molecule has 1 atom stereocenters. The molecule has 1 amide bonds. The maximum atomic E-state index is 12.3. The fourth-order valence-corrected chi connectivity index (χ4v) is 2.38. The number of hydrogen-bond donors (Lipinski definition) is 0. The zero-order valence-electron chi connectivity index (χ0n) is 10.3. The third kappa shape index (κ3) is 2.38. The summed E-state index contributed by atoms with van der Waals surface area (Å²) in [5.74, 6) is 0.0647. The van der Waals surface area contributed by atoms with Crippen LogP contribution in [0.25, 0.3) is 0 Å². The van der Waals surface area contributed by atoms with E-state index in [1.807, 2.05) is 31.2 Å². The molecule has 0 N–H and O–H groups in total. The van der Waals surface area contributed by atoms with Gasteiger partial charge in [0.25, 0.3) is 5.91 Å². The van der Waals surface area contributed by atoms with E-state index in [1.165, 1.54) is 0 Å². The second kappa shape index (κ2) is 4.70. The van der Waals surface area contributed by atoms with Crippen LogP contribution in [0, 0.1) is 6.92 Å². The highest BCUT2D eigenvalue weighted by molar-refractivity contribution is 5.98. The average molecular weight is 231 g/mol. The number of aryl methyl sites for hydroxylation is 1. The van der Waals surface area contributed by atoms with Crippen molar-refractivity contribution in [2.75, 3.05) is 6.54 Å². The minimum absolute atomic E-state index is 0.0219. The number of likely N-dealkylation sites (tertiary alicyclic amines) is 1. The fourth-order valence-electron chi connectivity index (χ4n) is 2.38. The van der Waals surface area contributed by atoms with Gasteiger partial charge in [-0.05, 0) is 38.8 Å². The van der Waals surface area contributed by atoms with Crippen LogP contribution in [-0.4, -0.2) is 29.2 Å². The Morgan fingerprint density at radius 2 is 2.12 bits per heavy atom. The average Bonchev–Trinajstić information content (AvgIpc) is 2.77. The first-order valence-corrected chi connectivity index (χ1v) is 5.97. The number of benzene rings is 1. The first kappa shape index (κ1) is 11.8. The molecule has 0 aromatic heterocycles. The topological polar surface area (TPSA) is 37.4 Å². The lowest BCUT2D eigenvalue weighted by atomic mass is 10.1. The SMILES string of the molecule is CC(=O)[C@H]1CCCN1C(=O)c1cccc(C)c1. The molecular weight excluding hydrogens is 214 g/mol. The van der Waals surface area contributed by atoms with Crippen molar-refractivity contribution in [2.45, 2.75) is 32.7 Å². The van der Waals surface area contributed by atoms with Crippen molar-refractivity contribution in [3.63, 3.8) is 0 Å². The Labute approximate surface area is 101 Å². The summed E-state index contributed by atoms with van der Waals surface area (Å²) >= 11 is 0. The molecule has 1 aromatic rings. The molecule has 0 spiro atoms. The monoisotopic (exact) mass is 231 g/mol. The van der Waals surface area contributed by atoms with Crippen molar-refractivity contribution >= 4 is 11.7 Å². The summed E-state index contributed by atoms with van der Waals surface area (Å²) in [4.78, 5) is 25.5. The lowest BCUT2D eigenvalue weighted by Gasteiger charge is -2.22. The van der Waals surface area contributed by atoms with Crippen LogP contribution in [-0.2, 0) is 4.79 Å². The summed E-state index contributed by atoms with van der Waals surface area (Å²) in [7, 11) is 0. The maximum absolute atomic E-state index is 12.3. The van der Waals surface area contributed by atoms with E-state index >= 15 is 0 Å². The third-order valence-corrected chi connectivity index (χ3v) is 3.25. The Bertz CT molecular complexity index is 453. The zero-order valence-corrected chi connectivity index (χ0v) is 10.3. The fraction of sp³-hybridized carbons (Fsp3) is 0.429. The number of hydrogen-bond acceptors (Lipinski definition) is 2. The molecule has 2 rings (SSSR count). The van der Waals surface area contributed by atoms with Crippen LogP contribution in [0.5, 0.6) is 0 Å². The van der Waals surface area contributed by atoms with E-state index in [2.05, 4.69) is 0 Å². The van der Waals surface area contributed by atoms with E-state index in [9.17, 15) is 9.59 Å². The second-order valence-electron chi connectivity index (χ2n) is 4.64. The Kier molecular flexibility index (Phi) is 3.27. The van der Waals surface area contributed by atoms with Crippen LogP contribution in [0.15, 0.2) is 24.3 Å². The summed E-state index contributed by atoms with van der Waals surface area (Å²) in [6.07, 6.45) is 1.72. The second-order valence-corrected chi connectivity index (χ2v) is 4.64. The van der Waals surface area contributed by atoms with Gasteiger partial charge in [0.15, 0.2) is 5.78 Å². The Morgan fingerprint density at radius 3 is 2.76 bits per heavy atom. The molecule has 3 heteroatoms. The van der Waals surface area contributed by atoms with E-state index in [1.54, 1.807) is 11.8 Å². The minimum Gasteiger partial charge on any atom is -0.329 e. The van der Waals surface area contributed by atoms with Crippen LogP contribution >= 0.6 is 0 Å². The van der Waals surface area contributed by atoms with Crippen molar-refractivity contribution in [2.24, 2.45) is 0 Å². The van der Waals surface area contributed by atoms with Crippen LogP contribution in [0.2, 0.25) is 0 Å². The number of amides is 1. The normalized spacial score (nSPS) is 19.4. The predicted molar refractivity (Wildman–Crippen MR) is 65.9 cm³/mol. The molecule has 1 aliphatic heterocycles. The van der Waals surface area contributed by atoms with Crippen molar-refractivity contribution in [3.8, 4) is 0 Å². The molecule has 1 heterocycles. The van der Waals surface area contributed by atoms with Gasteiger partial charge in [-0.25, -0.2) is 0 Å². The Hall–Kier alpha value is -1.64. The quantitative estimate of drug-likeness (QED) is 0.782. The third-order valence-electron chi connectivity index (χ3n) is 3.25. The molecule has 1 aliphatic rings. The lowest BCUT2D eigenvalue weighted by Crippen LogP contribution is -2.39. The molecule has 1 saturated heterocycles. The van der Waals surface area contributed by atoms with Gasteiger partial charge in [0.1, 0.15) is 0 Å². The maximum Gasteiger partial charge on any atom is 0.254 e. The molecule has 90 valence electrons. The molecule has 3 nitrogen and oxygen atoms in total. The molecule has 1 aromatic carbocycles. The van der Waals surface area contributed by atoms with Gasteiger partial charge in [0.05, 0.1) is 6.04 Å². The smallest absolute Gasteiger partial charge is 0.254 e. The number of ketones is 1. The van der Waals surface area contributed by atoms with Gasteiger partial charge in [-0.2, -0.15) is 0 Å². The zero-order chi connectivity index (χ0) is 12.4. The first-order valence-electron chi connectivity index (χ1n) is 5.97. The number of Topliss-reactive ketones (excluding diaryl/α,β-unsaturated/α-hetero) is 1. The number of nitrogens with zero attached hydrogens (tertiary/aromatic N) is 1. The largest absolute Gasteiger partial charge is 0.329 e. The van der Waals surface area contributed by atoms with Gasteiger partial charge in [-0.3, -0.25) is 9.59 Å². The van der Waals surface area contributed by atoms with E-state index in [0.29, 0.717) is 12.1 Å². The van der Waals surface area contributed by atoms with Gasteiger partial charge in [0, 0.05) is 12.1 Å². The molecule has 0 bridgehead atoms. The predicted octanol–water partition coefficient (Wildman–Crippen LogP) is 2.19. The van der Waals surface area contributed by atoms with Crippen LogP contribution < -0.4 is 0 Å². The van der Waals surface area contributed by atoms with Crippen LogP contribution in [0.4, 0.5) is 0 Å².